The van der Waals surface area contributed by atoms with Gasteiger partial charge in [0.2, 0.25) is 0 Å². The number of ketones is 1. The summed E-state index contributed by atoms with van der Waals surface area (Å²) in [4.78, 5) is 15.7. The number of nitrogens with zero attached hydrogens (tertiary/aromatic N) is 1. The summed E-state index contributed by atoms with van der Waals surface area (Å²) < 4.78 is 40.6. The van der Waals surface area contributed by atoms with Crippen molar-refractivity contribution in [3.05, 3.63) is 59.9 Å². The van der Waals surface area contributed by atoms with Crippen LogP contribution >= 0.6 is 0 Å². The number of aromatic nitrogens is 1. The predicted molar refractivity (Wildman–Crippen MR) is 78.2 cm³/mol. The monoisotopic (exact) mass is 337 g/mol. The molecule has 0 radical (unpaired) electrons. The summed E-state index contributed by atoms with van der Waals surface area (Å²) in [5.74, 6) is -0.361. The molecular weight excluding hydrogens is 323 g/mol. The van der Waals surface area contributed by atoms with Crippen molar-refractivity contribution < 1.29 is 27.8 Å². The van der Waals surface area contributed by atoms with Gasteiger partial charge in [-0.1, -0.05) is 18.2 Å². The second kappa shape index (κ2) is 5.90. The van der Waals surface area contributed by atoms with E-state index in [9.17, 15) is 23.1 Å². The van der Waals surface area contributed by atoms with Gasteiger partial charge in [0.15, 0.2) is 0 Å². The third kappa shape index (κ3) is 3.12. The van der Waals surface area contributed by atoms with E-state index in [1.165, 1.54) is 30.5 Å². The van der Waals surface area contributed by atoms with Crippen LogP contribution in [0.1, 0.15) is 30.2 Å². The maximum absolute atomic E-state index is 12.2. The number of carbonyl (C=O) groups excluding carboxylic acids is 1. The van der Waals surface area contributed by atoms with Gasteiger partial charge < -0.3 is 9.84 Å². The lowest BCUT2D eigenvalue weighted by Gasteiger charge is -2.44. The molecule has 1 aromatic heterocycles. The summed E-state index contributed by atoms with van der Waals surface area (Å²) in [5.41, 5.74) is 0.123. The summed E-state index contributed by atoms with van der Waals surface area (Å²) in [5, 5.41) is 10.7. The van der Waals surface area contributed by atoms with Crippen molar-refractivity contribution in [2.45, 2.75) is 30.7 Å². The molecular formula is C17H14F3NO3. The predicted octanol–water partition coefficient (Wildman–Crippen LogP) is 3.31. The van der Waals surface area contributed by atoms with Crippen molar-refractivity contribution in [3.8, 4) is 5.75 Å². The summed E-state index contributed by atoms with van der Waals surface area (Å²) in [7, 11) is 0. The zero-order valence-corrected chi connectivity index (χ0v) is 12.5. The highest BCUT2D eigenvalue weighted by molar-refractivity contribution is 5.89. The van der Waals surface area contributed by atoms with Crippen molar-refractivity contribution in [3.63, 3.8) is 0 Å². The molecule has 1 aromatic carbocycles. The van der Waals surface area contributed by atoms with E-state index in [4.69, 9.17) is 0 Å². The van der Waals surface area contributed by atoms with Gasteiger partial charge in [-0.05, 0) is 29.8 Å². The van der Waals surface area contributed by atoms with Crippen LogP contribution in [0.5, 0.6) is 5.75 Å². The molecule has 1 aliphatic rings. The zero-order valence-electron chi connectivity index (χ0n) is 12.5. The molecule has 3 rings (SSSR count). The van der Waals surface area contributed by atoms with Gasteiger partial charge in [0.05, 0.1) is 5.69 Å². The van der Waals surface area contributed by atoms with Gasteiger partial charge in [-0.25, -0.2) is 0 Å². The second-order valence-electron chi connectivity index (χ2n) is 5.78. The smallest absolute Gasteiger partial charge is 0.406 e. The molecule has 0 aliphatic heterocycles. The number of carbonyl (C=O) groups is 1. The Morgan fingerprint density at radius 3 is 2.29 bits per heavy atom. The van der Waals surface area contributed by atoms with Crippen LogP contribution in [0, 0.1) is 0 Å². The van der Waals surface area contributed by atoms with Gasteiger partial charge in [-0.3, -0.25) is 9.78 Å². The molecule has 2 aromatic rings. The number of aliphatic hydroxyl groups excluding tert-OH is 1. The number of benzene rings is 1. The van der Waals surface area contributed by atoms with Crippen molar-refractivity contribution in [1.82, 2.24) is 4.98 Å². The van der Waals surface area contributed by atoms with Gasteiger partial charge in [-0.2, -0.15) is 0 Å². The van der Waals surface area contributed by atoms with Crippen molar-refractivity contribution in [1.29, 1.82) is 0 Å². The summed E-state index contributed by atoms with van der Waals surface area (Å²) in [6, 6.07) is 10.3. The van der Waals surface area contributed by atoms with E-state index in [1.807, 2.05) is 0 Å². The fourth-order valence-electron chi connectivity index (χ4n) is 3.02. The lowest BCUT2D eigenvalue weighted by molar-refractivity contribution is -0.274. The van der Waals surface area contributed by atoms with Crippen molar-refractivity contribution in [2.75, 3.05) is 0 Å². The normalized spacial score (nSPS) is 17.9. The molecule has 1 N–H and O–H groups in total. The number of halogens is 3. The van der Waals surface area contributed by atoms with E-state index >= 15 is 0 Å². The number of Topliss-reactive ketones (excluding diaryl/α,β-unsaturated/α-hetero) is 1. The average Bonchev–Trinajstić information content (AvgIpc) is 2.51. The minimum absolute atomic E-state index is 0.0133. The number of hydrogen-bond donors (Lipinski definition) is 1. The van der Waals surface area contributed by atoms with Crippen LogP contribution < -0.4 is 4.74 Å². The van der Waals surface area contributed by atoms with E-state index in [1.54, 1.807) is 18.2 Å². The maximum Gasteiger partial charge on any atom is 0.573 e. The van der Waals surface area contributed by atoms with Gasteiger partial charge in [0.25, 0.3) is 0 Å². The van der Waals surface area contributed by atoms with Crippen LogP contribution in [0.25, 0.3) is 0 Å². The fourth-order valence-corrected chi connectivity index (χ4v) is 3.02. The minimum atomic E-state index is -4.76. The quantitative estimate of drug-likeness (QED) is 0.930. The molecule has 0 amide bonds. The Morgan fingerprint density at radius 1 is 1.12 bits per heavy atom. The van der Waals surface area contributed by atoms with Crippen molar-refractivity contribution in [2.24, 2.45) is 0 Å². The van der Waals surface area contributed by atoms with E-state index in [2.05, 4.69) is 9.72 Å². The number of aliphatic hydroxyl groups is 1. The maximum atomic E-state index is 12.2. The Kier molecular flexibility index (Phi) is 4.04. The molecule has 24 heavy (non-hydrogen) atoms. The molecule has 1 aliphatic carbocycles. The van der Waals surface area contributed by atoms with E-state index in [0.29, 0.717) is 11.3 Å². The second-order valence-corrected chi connectivity index (χ2v) is 5.78. The van der Waals surface area contributed by atoms with Crippen LogP contribution in [0.4, 0.5) is 13.2 Å². The van der Waals surface area contributed by atoms with Crippen LogP contribution in [0.3, 0.4) is 0 Å². The number of alkyl halides is 3. The van der Waals surface area contributed by atoms with Gasteiger partial charge in [-0.15, -0.1) is 13.2 Å². The van der Waals surface area contributed by atoms with Gasteiger partial charge in [0.1, 0.15) is 17.6 Å². The first-order valence-electron chi connectivity index (χ1n) is 7.27. The Balaban J connectivity index is 1.90. The lowest BCUT2D eigenvalue weighted by Crippen LogP contribution is -2.46. The number of hydrogen-bond acceptors (Lipinski definition) is 4. The Hall–Kier alpha value is -2.41. The molecule has 0 spiro atoms. The molecule has 1 heterocycles. The molecule has 1 atom stereocenters. The molecule has 1 fully saturated rings. The highest BCUT2D eigenvalue weighted by Crippen LogP contribution is 2.50. The Morgan fingerprint density at radius 2 is 1.79 bits per heavy atom. The van der Waals surface area contributed by atoms with Gasteiger partial charge >= 0.3 is 6.36 Å². The molecule has 0 unspecified atom stereocenters. The Labute approximate surface area is 135 Å². The number of ether oxygens (including phenoxy) is 1. The van der Waals surface area contributed by atoms with Crippen molar-refractivity contribution >= 4 is 5.78 Å². The highest BCUT2D eigenvalue weighted by Gasteiger charge is 2.51. The largest absolute Gasteiger partial charge is 0.573 e. The molecule has 126 valence electrons. The first-order chi connectivity index (χ1) is 11.3. The SMILES string of the molecule is O=C1CC(c2ccc(OC(F)(F)F)cc2)([C@H](O)c2ccccn2)C1. The molecule has 1 saturated carbocycles. The highest BCUT2D eigenvalue weighted by atomic mass is 19.4. The number of rotatable bonds is 4. The topological polar surface area (TPSA) is 59.4 Å². The van der Waals surface area contributed by atoms with Crippen LogP contribution in [0.15, 0.2) is 48.7 Å². The lowest BCUT2D eigenvalue weighted by atomic mass is 9.59. The van der Waals surface area contributed by atoms with E-state index < -0.39 is 17.9 Å². The molecule has 0 saturated heterocycles. The molecule has 7 heteroatoms. The first-order valence-corrected chi connectivity index (χ1v) is 7.27. The minimum Gasteiger partial charge on any atom is -0.406 e. The summed E-state index contributed by atoms with van der Waals surface area (Å²) in [6.45, 7) is 0. The van der Waals surface area contributed by atoms with E-state index in [-0.39, 0.29) is 24.4 Å². The van der Waals surface area contributed by atoms with E-state index in [0.717, 1.165) is 0 Å². The third-order valence-electron chi connectivity index (χ3n) is 4.18. The molecule has 4 nitrogen and oxygen atoms in total. The zero-order chi connectivity index (χ0) is 17.4. The number of pyridine rings is 1. The summed E-state index contributed by atoms with van der Waals surface area (Å²) in [6.07, 6.45) is -4.02. The summed E-state index contributed by atoms with van der Waals surface area (Å²) >= 11 is 0. The molecule has 0 bridgehead atoms. The van der Waals surface area contributed by atoms with Crippen LogP contribution in [-0.2, 0) is 10.2 Å². The van der Waals surface area contributed by atoms with Crippen LogP contribution in [0.2, 0.25) is 0 Å². The standard InChI is InChI=1S/C17H14F3NO3/c18-17(19,20)24-13-6-4-11(5-7-13)16(9-12(22)10-16)15(23)14-3-1-2-8-21-14/h1-8,15,23H,9-10H2/t15-/m1/s1. The first kappa shape index (κ1) is 16.4. The van der Waals surface area contributed by atoms with Gasteiger partial charge in [0, 0.05) is 24.5 Å². The fraction of sp³-hybridized carbons (Fsp3) is 0.294. The van der Waals surface area contributed by atoms with Crippen LogP contribution in [-0.4, -0.2) is 22.2 Å². The Bertz CT molecular complexity index is 721. The average molecular weight is 337 g/mol. The third-order valence-corrected chi connectivity index (χ3v) is 4.18.